The lowest BCUT2D eigenvalue weighted by molar-refractivity contribution is 0.565. The highest BCUT2D eigenvalue weighted by atomic mass is 19.1. The molecule has 0 amide bonds. The number of hydrogen-bond donors (Lipinski definition) is 1. The summed E-state index contributed by atoms with van der Waals surface area (Å²) in [5.41, 5.74) is 10.3. The number of hydrogen-bond acceptors (Lipinski definition) is 2. The minimum atomic E-state index is -0.204. The second-order valence-electron chi connectivity index (χ2n) is 4.91. The van der Waals surface area contributed by atoms with Crippen LogP contribution in [0.2, 0.25) is 0 Å². The molecule has 2 N–H and O–H groups in total. The molecule has 4 heteroatoms. The van der Waals surface area contributed by atoms with Crippen molar-refractivity contribution in [3.05, 3.63) is 52.6 Å². The van der Waals surface area contributed by atoms with Gasteiger partial charge in [0.1, 0.15) is 5.82 Å². The molecular weight excluding hydrogens is 241 g/mol. The van der Waals surface area contributed by atoms with Crippen molar-refractivity contribution in [1.82, 2.24) is 9.78 Å². The van der Waals surface area contributed by atoms with Crippen LogP contribution in [0.1, 0.15) is 35.5 Å². The second kappa shape index (κ2) is 5.53. The van der Waals surface area contributed by atoms with Gasteiger partial charge in [0.2, 0.25) is 0 Å². The van der Waals surface area contributed by atoms with Gasteiger partial charge in [-0.2, -0.15) is 5.10 Å². The van der Waals surface area contributed by atoms with Crippen LogP contribution < -0.4 is 5.73 Å². The van der Waals surface area contributed by atoms with Gasteiger partial charge in [0.25, 0.3) is 0 Å². The van der Waals surface area contributed by atoms with Crippen LogP contribution in [0.25, 0.3) is 0 Å². The zero-order valence-corrected chi connectivity index (χ0v) is 11.7. The molecule has 0 fully saturated rings. The summed E-state index contributed by atoms with van der Waals surface area (Å²) >= 11 is 0. The third-order valence-corrected chi connectivity index (χ3v) is 3.36. The van der Waals surface area contributed by atoms with Crippen molar-refractivity contribution in [3.63, 3.8) is 0 Å². The first-order valence-electron chi connectivity index (χ1n) is 6.56. The van der Waals surface area contributed by atoms with E-state index in [-0.39, 0.29) is 11.9 Å². The molecule has 1 unspecified atom stereocenters. The first kappa shape index (κ1) is 13.7. The molecule has 0 spiro atoms. The second-order valence-corrected chi connectivity index (χ2v) is 4.91. The lowest BCUT2D eigenvalue weighted by Gasteiger charge is -2.15. The SMILES string of the molecule is CCn1nc(C)cc1C(N)Cc1ccc(F)cc1C. The summed E-state index contributed by atoms with van der Waals surface area (Å²) in [7, 11) is 0. The fourth-order valence-corrected chi connectivity index (χ4v) is 2.35. The molecule has 3 nitrogen and oxygen atoms in total. The van der Waals surface area contributed by atoms with Crippen LogP contribution in [0.15, 0.2) is 24.3 Å². The maximum atomic E-state index is 13.1. The smallest absolute Gasteiger partial charge is 0.123 e. The van der Waals surface area contributed by atoms with Gasteiger partial charge < -0.3 is 5.73 Å². The van der Waals surface area contributed by atoms with E-state index in [9.17, 15) is 4.39 Å². The van der Waals surface area contributed by atoms with Crippen LogP contribution in [0.4, 0.5) is 4.39 Å². The molecule has 0 saturated carbocycles. The number of aryl methyl sites for hydroxylation is 3. The molecule has 1 heterocycles. The molecule has 0 radical (unpaired) electrons. The third kappa shape index (κ3) is 3.01. The Morgan fingerprint density at radius 3 is 2.68 bits per heavy atom. The van der Waals surface area contributed by atoms with Crippen LogP contribution in [0.3, 0.4) is 0 Å². The van der Waals surface area contributed by atoms with E-state index in [1.165, 1.54) is 6.07 Å². The van der Waals surface area contributed by atoms with E-state index in [4.69, 9.17) is 5.73 Å². The summed E-state index contributed by atoms with van der Waals surface area (Å²) in [5, 5.41) is 4.41. The molecule has 0 bridgehead atoms. The number of halogens is 1. The van der Waals surface area contributed by atoms with Crippen LogP contribution in [0.5, 0.6) is 0 Å². The van der Waals surface area contributed by atoms with Crippen molar-refractivity contribution in [2.45, 2.75) is 39.8 Å². The Kier molecular flexibility index (Phi) is 4.00. The lowest BCUT2D eigenvalue weighted by atomic mass is 9.99. The van der Waals surface area contributed by atoms with Gasteiger partial charge in [0.15, 0.2) is 0 Å². The number of aromatic nitrogens is 2. The quantitative estimate of drug-likeness (QED) is 0.919. The van der Waals surface area contributed by atoms with Crippen molar-refractivity contribution in [3.8, 4) is 0 Å². The molecule has 0 saturated heterocycles. The fourth-order valence-electron chi connectivity index (χ4n) is 2.35. The zero-order chi connectivity index (χ0) is 14.0. The van der Waals surface area contributed by atoms with Crippen LogP contribution >= 0.6 is 0 Å². The van der Waals surface area contributed by atoms with Crippen molar-refractivity contribution in [1.29, 1.82) is 0 Å². The highest BCUT2D eigenvalue weighted by Gasteiger charge is 2.14. The van der Waals surface area contributed by atoms with E-state index in [1.807, 2.05) is 37.6 Å². The minimum Gasteiger partial charge on any atom is -0.322 e. The summed E-state index contributed by atoms with van der Waals surface area (Å²) in [6.07, 6.45) is 0.692. The number of benzene rings is 1. The number of rotatable bonds is 4. The van der Waals surface area contributed by atoms with E-state index < -0.39 is 0 Å². The van der Waals surface area contributed by atoms with Crippen LogP contribution in [-0.4, -0.2) is 9.78 Å². The maximum Gasteiger partial charge on any atom is 0.123 e. The van der Waals surface area contributed by atoms with Gasteiger partial charge in [-0.15, -0.1) is 0 Å². The highest BCUT2D eigenvalue weighted by Crippen LogP contribution is 2.20. The third-order valence-electron chi connectivity index (χ3n) is 3.36. The van der Waals surface area contributed by atoms with E-state index in [2.05, 4.69) is 5.10 Å². The Balaban J connectivity index is 2.22. The van der Waals surface area contributed by atoms with Gasteiger partial charge in [0, 0.05) is 6.54 Å². The Morgan fingerprint density at radius 2 is 2.05 bits per heavy atom. The van der Waals surface area contributed by atoms with Crippen molar-refractivity contribution < 1.29 is 4.39 Å². The first-order valence-corrected chi connectivity index (χ1v) is 6.56. The predicted octanol–water partition coefficient (Wildman–Crippen LogP) is 2.90. The number of nitrogens with zero attached hydrogens (tertiary/aromatic N) is 2. The van der Waals surface area contributed by atoms with Crippen LogP contribution in [0, 0.1) is 19.7 Å². The molecule has 2 rings (SSSR count). The van der Waals surface area contributed by atoms with Gasteiger partial charge >= 0.3 is 0 Å². The topological polar surface area (TPSA) is 43.8 Å². The molecule has 1 atom stereocenters. The molecule has 0 aliphatic carbocycles. The standard InChI is InChI=1S/C15H20FN3/c1-4-19-15(8-11(3)18-19)14(17)9-12-5-6-13(16)7-10(12)2/h5-8,14H,4,9,17H2,1-3H3. The summed E-state index contributed by atoms with van der Waals surface area (Å²) < 4.78 is 15.0. The zero-order valence-electron chi connectivity index (χ0n) is 11.7. The van der Waals surface area contributed by atoms with Crippen molar-refractivity contribution in [2.75, 3.05) is 0 Å². The predicted molar refractivity (Wildman–Crippen MR) is 74.4 cm³/mol. The first-order chi connectivity index (χ1) is 9.01. The highest BCUT2D eigenvalue weighted by molar-refractivity contribution is 5.28. The summed E-state index contributed by atoms with van der Waals surface area (Å²) in [6.45, 7) is 6.73. The Morgan fingerprint density at radius 1 is 1.32 bits per heavy atom. The van der Waals surface area contributed by atoms with E-state index in [0.717, 1.165) is 29.1 Å². The summed E-state index contributed by atoms with van der Waals surface area (Å²) in [4.78, 5) is 0. The molecule has 19 heavy (non-hydrogen) atoms. The molecule has 1 aromatic heterocycles. The lowest BCUT2D eigenvalue weighted by Crippen LogP contribution is -2.18. The van der Waals surface area contributed by atoms with Crippen LogP contribution in [-0.2, 0) is 13.0 Å². The van der Waals surface area contributed by atoms with Gasteiger partial charge in [-0.3, -0.25) is 4.68 Å². The van der Waals surface area contributed by atoms with Gasteiger partial charge in [-0.25, -0.2) is 4.39 Å². The van der Waals surface area contributed by atoms with Gasteiger partial charge in [0.05, 0.1) is 17.4 Å². The molecule has 0 aliphatic heterocycles. The van der Waals surface area contributed by atoms with Gasteiger partial charge in [-0.05, 0) is 56.5 Å². The average molecular weight is 261 g/mol. The van der Waals surface area contributed by atoms with E-state index >= 15 is 0 Å². The van der Waals surface area contributed by atoms with E-state index in [1.54, 1.807) is 6.07 Å². The average Bonchev–Trinajstić information content (AvgIpc) is 2.74. The molecule has 102 valence electrons. The summed E-state index contributed by atoms with van der Waals surface area (Å²) in [5.74, 6) is -0.204. The molecular formula is C15H20FN3. The normalized spacial score (nSPS) is 12.7. The fraction of sp³-hybridized carbons (Fsp3) is 0.400. The number of nitrogens with two attached hydrogens (primary N) is 1. The minimum absolute atomic E-state index is 0.120. The molecule has 2 aromatic rings. The van der Waals surface area contributed by atoms with Crippen molar-refractivity contribution in [2.24, 2.45) is 5.73 Å². The summed E-state index contributed by atoms with van der Waals surface area (Å²) in [6, 6.07) is 6.74. The monoisotopic (exact) mass is 261 g/mol. The van der Waals surface area contributed by atoms with Gasteiger partial charge in [-0.1, -0.05) is 6.07 Å². The Hall–Kier alpha value is -1.68. The molecule has 0 aliphatic rings. The van der Waals surface area contributed by atoms with E-state index in [0.29, 0.717) is 6.42 Å². The largest absolute Gasteiger partial charge is 0.322 e. The van der Waals surface area contributed by atoms with Crippen molar-refractivity contribution >= 4 is 0 Å². The Labute approximate surface area is 113 Å². The Bertz CT molecular complexity index is 575. The molecule has 1 aromatic carbocycles. The maximum absolute atomic E-state index is 13.1.